The molecule has 1 saturated carbocycles. The van der Waals surface area contributed by atoms with Gasteiger partial charge in [-0.05, 0) is 49.9 Å². The number of rotatable bonds is 4. The highest BCUT2D eigenvalue weighted by Crippen LogP contribution is 2.24. The summed E-state index contributed by atoms with van der Waals surface area (Å²) in [5.41, 5.74) is 1.34. The van der Waals surface area contributed by atoms with E-state index in [1.165, 1.54) is 37.8 Å². The second-order valence-electron chi connectivity index (χ2n) is 4.56. The lowest BCUT2D eigenvalue weighted by molar-refractivity contribution is 0.452. The van der Waals surface area contributed by atoms with Crippen LogP contribution in [0.4, 0.5) is 0 Å². The molecule has 1 aromatic heterocycles. The van der Waals surface area contributed by atoms with Gasteiger partial charge in [0.25, 0.3) is 0 Å². The maximum Gasteiger partial charge on any atom is 0.0293 e. The minimum Gasteiger partial charge on any atom is -0.310 e. The van der Waals surface area contributed by atoms with Crippen LogP contribution in [0, 0.1) is 5.92 Å². The van der Waals surface area contributed by atoms with Gasteiger partial charge in [0, 0.05) is 18.4 Å². The van der Waals surface area contributed by atoms with Crippen LogP contribution in [0.25, 0.3) is 0 Å². The Balaban J connectivity index is 1.79. The summed E-state index contributed by atoms with van der Waals surface area (Å²) in [7, 11) is 0. The Morgan fingerprint density at radius 2 is 2.00 bits per heavy atom. The van der Waals surface area contributed by atoms with Crippen LogP contribution in [0.2, 0.25) is 0 Å². The van der Waals surface area contributed by atoms with Crippen LogP contribution in [0.3, 0.4) is 0 Å². The summed E-state index contributed by atoms with van der Waals surface area (Å²) in [5, 5.41) is 3.61. The number of nitrogens with one attached hydrogen (secondary N) is 1. The number of hydrogen-bond donors (Lipinski definition) is 1. The van der Waals surface area contributed by atoms with E-state index >= 15 is 0 Å². The fourth-order valence-corrected chi connectivity index (χ4v) is 2.33. The Kier molecular flexibility index (Phi) is 3.73. The summed E-state index contributed by atoms with van der Waals surface area (Å²) in [6.45, 7) is 3.40. The van der Waals surface area contributed by atoms with Gasteiger partial charge >= 0.3 is 0 Å². The molecule has 0 bridgehead atoms. The Bertz CT molecular complexity index is 278. The molecule has 15 heavy (non-hydrogen) atoms. The third-order valence-corrected chi connectivity index (χ3v) is 3.39. The van der Waals surface area contributed by atoms with E-state index in [1.54, 1.807) is 0 Å². The standard InChI is InChI=1S/C13H20N2/c1-11(13-6-8-14-9-7-13)15-10-12-4-2-3-5-12/h6-9,11-12,15H,2-5,10H2,1H3/t11-/m1/s1. The maximum absolute atomic E-state index is 4.04. The molecule has 0 saturated heterocycles. The Labute approximate surface area is 92.1 Å². The van der Waals surface area contributed by atoms with Crippen LogP contribution in [0.5, 0.6) is 0 Å². The average molecular weight is 204 g/mol. The van der Waals surface area contributed by atoms with Crippen molar-refractivity contribution in [2.24, 2.45) is 5.92 Å². The van der Waals surface area contributed by atoms with Crippen molar-refractivity contribution in [1.29, 1.82) is 0 Å². The maximum atomic E-state index is 4.04. The van der Waals surface area contributed by atoms with Crippen molar-refractivity contribution in [3.05, 3.63) is 30.1 Å². The van der Waals surface area contributed by atoms with Gasteiger partial charge in [0.2, 0.25) is 0 Å². The molecule has 1 heterocycles. The minimum absolute atomic E-state index is 0.452. The first-order valence-corrected chi connectivity index (χ1v) is 5.99. The molecule has 1 aliphatic carbocycles. The van der Waals surface area contributed by atoms with Gasteiger partial charge in [-0.3, -0.25) is 4.98 Å². The highest BCUT2D eigenvalue weighted by molar-refractivity contribution is 5.13. The Hall–Kier alpha value is -0.890. The molecule has 0 aromatic carbocycles. The molecular weight excluding hydrogens is 184 g/mol. The third kappa shape index (κ3) is 3.03. The van der Waals surface area contributed by atoms with Crippen molar-refractivity contribution in [3.8, 4) is 0 Å². The molecule has 1 aliphatic rings. The summed E-state index contributed by atoms with van der Waals surface area (Å²) >= 11 is 0. The lowest BCUT2D eigenvalue weighted by atomic mass is 10.1. The van der Waals surface area contributed by atoms with Gasteiger partial charge in [0.1, 0.15) is 0 Å². The number of hydrogen-bond acceptors (Lipinski definition) is 2. The van der Waals surface area contributed by atoms with E-state index in [0.29, 0.717) is 6.04 Å². The van der Waals surface area contributed by atoms with Crippen LogP contribution in [-0.4, -0.2) is 11.5 Å². The predicted molar refractivity (Wildman–Crippen MR) is 62.6 cm³/mol. The van der Waals surface area contributed by atoms with Gasteiger partial charge in [-0.1, -0.05) is 12.8 Å². The van der Waals surface area contributed by atoms with Crippen LogP contribution >= 0.6 is 0 Å². The SMILES string of the molecule is C[C@@H](NCC1CCCC1)c1ccncc1. The van der Waals surface area contributed by atoms with Gasteiger partial charge in [0.15, 0.2) is 0 Å². The molecule has 0 aliphatic heterocycles. The molecule has 0 spiro atoms. The van der Waals surface area contributed by atoms with Crippen molar-refractivity contribution >= 4 is 0 Å². The molecule has 82 valence electrons. The highest BCUT2D eigenvalue weighted by atomic mass is 14.9. The van der Waals surface area contributed by atoms with Gasteiger partial charge in [0.05, 0.1) is 0 Å². The topological polar surface area (TPSA) is 24.9 Å². The van der Waals surface area contributed by atoms with E-state index in [1.807, 2.05) is 12.4 Å². The molecule has 1 aromatic rings. The zero-order valence-corrected chi connectivity index (χ0v) is 9.45. The van der Waals surface area contributed by atoms with Crippen molar-refractivity contribution in [2.75, 3.05) is 6.54 Å². The van der Waals surface area contributed by atoms with Crippen LogP contribution < -0.4 is 5.32 Å². The first kappa shape index (κ1) is 10.6. The molecule has 2 nitrogen and oxygen atoms in total. The summed E-state index contributed by atoms with van der Waals surface area (Å²) in [4.78, 5) is 4.04. The van der Waals surface area contributed by atoms with Gasteiger partial charge in [-0.2, -0.15) is 0 Å². The van der Waals surface area contributed by atoms with E-state index < -0.39 is 0 Å². The van der Waals surface area contributed by atoms with Gasteiger partial charge in [-0.25, -0.2) is 0 Å². The van der Waals surface area contributed by atoms with Crippen molar-refractivity contribution < 1.29 is 0 Å². The molecule has 1 fully saturated rings. The zero-order valence-electron chi connectivity index (χ0n) is 9.45. The van der Waals surface area contributed by atoms with E-state index in [-0.39, 0.29) is 0 Å². The Morgan fingerprint density at radius 1 is 1.33 bits per heavy atom. The summed E-state index contributed by atoms with van der Waals surface area (Å²) in [5.74, 6) is 0.911. The molecule has 2 rings (SSSR count). The van der Waals surface area contributed by atoms with E-state index in [0.717, 1.165) is 5.92 Å². The second-order valence-corrected chi connectivity index (χ2v) is 4.56. The van der Waals surface area contributed by atoms with Crippen molar-refractivity contribution in [2.45, 2.75) is 38.6 Å². The molecule has 2 heteroatoms. The number of aromatic nitrogens is 1. The lowest BCUT2D eigenvalue weighted by Gasteiger charge is -2.17. The second kappa shape index (κ2) is 5.26. The zero-order chi connectivity index (χ0) is 10.5. The van der Waals surface area contributed by atoms with Crippen molar-refractivity contribution in [3.63, 3.8) is 0 Å². The minimum atomic E-state index is 0.452. The smallest absolute Gasteiger partial charge is 0.0293 e. The molecule has 0 radical (unpaired) electrons. The summed E-state index contributed by atoms with van der Waals surface area (Å²) in [6, 6.07) is 4.63. The Morgan fingerprint density at radius 3 is 2.67 bits per heavy atom. The normalized spacial score (nSPS) is 19.3. The predicted octanol–water partition coefficient (Wildman–Crippen LogP) is 2.92. The third-order valence-electron chi connectivity index (χ3n) is 3.39. The number of pyridine rings is 1. The van der Waals surface area contributed by atoms with Gasteiger partial charge in [-0.15, -0.1) is 0 Å². The molecule has 0 unspecified atom stereocenters. The molecular formula is C13H20N2. The quantitative estimate of drug-likeness (QED) is 0.815. The summed E-state index contributed by atoms with van der Waals surface area (Å²) in [6.07, 6.45) is 9.41. The monoisotopic (exact) mass is 204 g/mol. The van der Waals surface area contributed by atoms with E-state index in [2.05, 4.69) is 29.4 Å². The molecule has 0 amide bonds. The molecule has 1 atom stereocenters. The van der Waals surface area contributed by atoms with E-state index in [4.69, 9.17) is 0 Å². The van der Waals surface area contributed by atoms with Crippen LogP contribution in [0.15, 0.2) is 24.5 Å². The fraction of sp³-hybridized carbons (Fsp3) is 0.615. The van der Waals surface area contributed by atoms with Crippen LogP contribution in [-0.2, 0) is 0 Å². The average Bonchev–Trinajstić information content (AvgIpc) is 2.80. The number of nitrogens with zero attached hydrogens (tertiary/aromatic N) is 1. The largest absolute Gasteiger partial charge is 0.310 e. The van der Waals surface area contributed by atoms with Crippen LogP contribution in [0.1, 0.15) is 44.2 Å². The first-order chi connectivity index (χ1) is 7.36. The molecule has 1 N–H and O–H groups in total. The lowest BCUT2D eigenvalue weighted by Crippen LogP contribution is -2.24. The summed E-state index contributed by atoms with van der Waals surface area (Å²) < 4.78 is 0. The highest BCUT2D eigenvalue weighted by Gasteiger charge is 2.15. The van der Waals surface area contributed by atoms with Gasteiger partial charge < -0.3 is 5.32 Å². The van der Waals surface area contributed by atoms with E-state index in [9.17, 15) is 0 Å². The fourth-order valence-electron chi connectivity index (χ4n) is 2.33. The first-order valence-electron chi connectivity index (χ1n) is 5.99. The van der Waals surface area contributed by atoms with Crippen molar-refractivity contribution in [1.82, 2.24) is 10.3 Å².